The number of halogens is 2. The van der Waals surface area contributed by atoms with E-state index in [1.807, 2.05) is 13.8 Å². The van der Waals surface area contributed by atoms with Gasteiger partial charge in [-0.05, 0) is 32.4 Å². The first kappa shape index (κ1) is 15.1. The van der Waals surface area contributed by atoms with Crippen molar-refractivity contribution in [2.45, 2.75) is 32.7 Å². The second-order valence-electron chi connectivity index (χ2n) is 4.16. The van der Waals surface area contributed by atoms with Crippen LogP contribution in [0.15, 0.2) is 18.2 Å². The highest BCUT2D eigenvalue weighted by Crippen LogP contribution is 2.21. The van der Waals surface area contributed by atoms with E-state index in [1.165, 1.54) is 12.1 Å². The molecule has 1 unspecified atom stereocenters. The maximum absolute atomic E-state index is 13.7. The third-order valence-electron chi connectivity index (χ3n) is 2.73. The zero-order valence-corrected chi connectivity index (χ0v) is 11.0. The Morgan fingerprint density at radius 1 is 1.28 bits per heavy atom. The number of benzene rings is 1. The van der Waals surface area contributed by atoms with Crippen LogP contribution in [-0.4, -0.2) is 19.8 Å². The Kier molecular flexibility index (Phi) is 6.83. The number of rotatable bonds is 8. The van der Waals surface area contributed by atoms with Crippen LogP contribution in [0.2, 0.25) is 0 Å². The van der Waals surface area contributed by atoms with Gasteiger partial charge in [0.25, 0.3) is 0 Å². The summed E-state index contributed by atoms with van der Waals surface area (Å²) in [6.45, 7) is 5.98. The average molecular weight is 257 g/mol. The molecule has 18 heavy (non-hydrogen) atoms. The van der Waals surface area contributed by atoms with Gasteiger partial charge in [0.2, 0.25) is 0 Å². The molecule has 0 heterocycles. The van der Waals surface area contributed by atoms with Crippen LogP contribution in [0.3, 0.4) is 0 Å². The fourth-order valence-corrected chi connectivity index (χ4v) is 1.82. The van der Waals surface area contributed by atoms with Crippen LogP contribution >= 0.6 is 0 Å². The summed E-state index contributed by atoms with van der Waals surface area (Å²) in [5, 5.41) is 3.26. The van der Waals surface area contributed by atoms with Gasteiger partial charge in [0, 0.05) is 30.9 Å². The fraction of sp³-hybridized carbons (Fsp3) is 0.571. The quantitative estimate of drug-likeness (QED) is 0.720. The maximum Gasteiger partial charge on any atom is 0.130 e. The molecule has 0 spiro atoms. The van der Waals surface area contributed by atoms with Gasteiger partial charge in [-0.25, -0.2) is 8.78 Å². The van der Waals surface area contributed by atoms with Crippen molar-refractivity contribution in [2.24, 2.45) is 0 Å². The Balaban J connectivity index is 2.73. The highest BCUT2D eigenvalue weighted by atomic mass is 19.1. The van der Waals surface area contributed by atoms with Gasteiger partial charge in [-0.1, -0.05) is 13.0 Å². The topological polar surface area (TPSA) is 21.3 Å². The Morgan fingerprint density at radius 3 is 2.67 bits per heavy atom. The molecule has 0 aliphatic rings. The van der Waals surface area contributed by atoms with E-state index in [1.54, 1.807) is 0 Å². The van der Waals surface area contributed by atoms with Crippen LogP contribution in [0.1, 0.15) is 38.3 Å². The molecule has 1 rings (SSSR count). The summed E-state index contributed by atoms with van der Waals surface area (Å²) in [4.78, 5) is 0. The second kappa shape index (κ2) is 8.16. The monoisotopic (exact) mass is 257 g/mol. The van der Waals surface area contributed by atoms with Crippen LogP contribution in [0.4, 0.5) is 8.78 Å². The summed E-state index contributed by atoms with van der Waals surface area (Å²) in [6.07, 6.45) is 1.64. The SMILES string of the molecule is CCCNC(CCOCC)c1ccc(F)cc1F. The molecule has 0 aliphatic carbocycles. The third kappa shape index (κ3) is 4.70. The Labute approximate surface area is 107 Å². The zero-order chi connectivity index (χ0) is 13.4. The number of ether oxygens (including phenoxy) is 1. The summed E-state index contributed by atoms with van der Waals surface area (Å²) in [6, 6.07) is 3.59. The fourth-order valence-electron chi connectivity index (χ4n) is 1.82. The van der Waals surface area contributed by atoms with Crippen molar-refractivity contribution in [2.75, 3.05) is 19.8 Å². The minimum atomic E-state index is -0.546. The molecule has 0 amide bonds. The van der Waals surface area contributed by atoms with Crippen LogP contribution in [0.5, 0.6) is 0 Å². The van der Waals surface area contributed by atoms with Gasteiger partial charge >= 0.3 is 0 Å². The molecule has 0 radical (unpaired) electrons. The largest absolute Gasteiger partial charge is 0.382 e. The Hall–Kier alpha value is -1.00. The van der Waals surface area contributed by atoms with E-state index in [4.69, 9.17) is 4.74 Å². The lowest BCUT2D eigenvalue weighted by Gasteiger charge is -2.19. The molecule has 4 heteroatoms. The highest BCUT2D eigenvalue weighted by Gasteiger charge is 2.15. The first-order valence-corrected chi connectivity index (χ1v) is 6.45. The summed E-state index contributed by atoms with van der Waals surface area (Å²) < 4.78 is 31.9. The van der Waals surface area contributed by atoms with Crippen molar-refractivity contribution < 1.29 is 13.5 Å². The molecular weight excluding hydrogens is 236 g/mol. The van der Waals surface area contributed by atoms with Crippen molar-refractivity contribution in [3.8, 4) is 0 Å². The summed E-state index contributed by atoms with van der Waals surface area (Å²) >= 11 is 0. The van der Waals surface area contributed by atoms with Crippen LogP contribution in [0, 0.1) is 11.6 Å². The second-order valence-corrected chi connectivity index (χ2v) is 4.16. The molecule has 0 saturated heterocycles. The lowest BCUT2D eigenvalue weighted by molar-refractivity contribution is 0.136. The third-order valence-corrected chi connectivity index (χ3v) is 2.73. The highest BCUT2D eigenvalue weighted by molar-refractivity contribution is 5.22. The van der Waals surface area contributed by atoms with Crippen molar-refractivity contribution >= 4 is 0 Å². The molecule has 0 saturated carbocycles. The van der Waals surface area contributed by atoms with Gasteiger partial charge in [-0.15, -0.1) is 0 Å². The average Bonchev–Trinajstić information content (AvgIpc) is 2.34. The molecule has 0 aromatic heterocycles. The van der Waals surface area contributed by atoms with Crippen LogP contribution < -0.4 is 5.32 Å². The minimum Gasteiger partial charge on any atom is -0.382 e. The van der Waals surface area contributed by atoms with Gasteiger partial charge in [0.15, 0.2) is 0 Å². The number of hydrogen-bond acceptors (Lipinski definition) is 2. The predicted molar refractivity (Wildman–Crippen MR) is 68.5 cm³/mol. The number of hydrogen-bond donors (Lipinski definition) is 1. The van der Waals surface area contributed by atoms with E-state index in [2.05, 4.69) is 5.32 Å². The Morgan fingerprint density at radius 2 is 2.06 bits per heavy atom. The smallest absolute Gasteiger partial charge is 0.130 e. The first-order chi connectivity index (χ1) is 8.69. The summed E-state index contributed by atoms with van der Waals surface area (Å²) in [7, 11) is 0. The standard InChI is InChI=1S/C14H21F2NO/c1-3-8-17-14(7-9-18-4-2)12-6-5-11(15)10-13(12)16/h5-6,10,14,17H,3-4,7-9H2,1-2H3. The summed E-state index contributed by atoms with van der Waals surface area (Å²) in [5.74, 6) is -1.05. The molecule has 1 aromatic carbocycles. The molecule has 1 aromatic rings. The normalized spacial score (nSPS) is 12.7. The van der Waals surface area contributed by atoms with E-state index < -0.39 is 11.6 Å². The van der Waals surface area contributed by atoms with Gasteiger partial charge in [0.05, 0.1) is 0 Å². The van der Waals surface area contributed by atoms with E-state index >= 15 is 0 Å². The first-order valence-electron chi connectivity index (χ1n) is 6.45. The molecule has 0 fully saturated rings. The predicted octanol–water partition coefficient (Wildman–Crippen LogP) is 3.43. The Bertz CT molecular complexity index is 358. The summed E-state index contributed by atoms with van der Waals surface area (Å²) in [5.41, 5.74) is 0.504. The van der Waals surface area contributed by atoms with Gasteiger partial charge in [-0.3, -0.25) is 0 Å². The van der Waals surface area contributed by atoms with E-state index in [-0.39, 0.29) is 6.04 Å². The van der Waals surface area contributed by atoms with Crippen molar-refractivity contribution in [1.82, 2.24) is 5.32 Å². The van der Waals surface area contributed by atoms with Gasteiger partial charge in [0.1, 0.15) is 11.6 Å². The zero-order valence-electron chi connectivity index (χ0n) is 11.0. The van der Waals surface area contributed by atoms with E-state index in [0.717, 1.165) is 19.0 Å². The van der Waals surface area contributed by atoms with Crippen molar-refractivity contribution in [3.05, 3.63) is 35.4 Å². The van der Waals surface area contributed by atoms with E-state index in [9.17, 15) is 8.78 Å². The molecule has 1 atom stereocenters. The van der Waals surface area contributed by atoms with Gasteiger partial charge < -0.3 is 10.1 Å². The minimum absolute atomic E-state index is 0.128. The van der Waals surface area contributed by atoms with Crippen LogP contribution in [-0.2, 0) is 4.74 Å². The molecule has 0 bridgehead atoms. The molecule has 2 nitrogen and oxygen atoms in total. The van der Waals surface area contributed by atoms with Crippen molar-refractivity contribution in [1.29, 1.82) is 0 Å². The lowest BCUT2D eigenvalue weighted by Crippen LogP contribution is -2.24. The number of nitrogens with one attached hydrogen (secondary N) is 1. The molecular formula is C14H21F2NO. The molecule has 102 valence electrons. The molecule has 1 N–H and O–H groups in total. The van der Waals surface area contributed by atoms with Crippen LogP contribution in [0.25, 0.3) is 0 Å². The maximum atomic E-state index is 13.7. The molecule has 0 aliphatic heterocycles. The van der Waals surface area contributed by atoms with E-state index in [0.29, 0.717) is 25.2 Å². The van der Waals surface area contributed by atoms with Crippen molar-refractivity contribution in [3.63, 3.8) is 0 Å². The van der Waals surface area contributed by atoms with Gasteiger partial charge in [-0.2, -0.15) is 0 Å². The lowest BCUT2D eigenvalue weighted by atomic mass is 10.0.